The van der Waals surface area contributed by atoms with Gasteiger partial charge in [0.25, 0.3) is 5.91 Å². The molecule has 0 saturated carbocycles. The molecule has 90 valence electrons. The normalized spacial score (nSPS) is 9.76. The number of carbonyl (C=O) groups excluding carboxylic acids is 1. The minimum Gasteiger partial charge on any atom is -0.328 e. The number of hydrogen-bond acceptors (Lipinski definition) is 1. The molecule has 0 aliphatic carbocycles. The summed E-state index contributed by atoms with van der Waals surface area (Å²) in [7, 11) is 0. The highest BCUT2D eigenvalue weighted by Crippen LogP contribution is 2.17. The van der Waals surface area contributed by atoms with Crippen molar-refractivity contribution in [1.82, 2.24) is 4.90 Å². The van der Waals surface area contributed by atoms with Crippen LogP contribution in [0.25, 0.3) is 0 Å². The number of amides is 1. The van der Waals surface area contributed by atoms with Gasteiger partial charge in [0, 0.05) is 17.1 Å². The van der Waals surface area contributed by atoms with Crippen LogP contribution < -0.4 is 0 Å². The molecule has 0 aromatic heterocycles. The van der Waals surface area contributed by atoms with Crippen LogP contribution in [0.4, 0.5) is 0 Å². The third-order valence-electron chi connectivity index (χ3n) is 2.48. The Kier molecular flexibility index (Phi) is 5.06. The Morgan fingerprint density at radius 1 is 1.53 bits per heavy atom. The van der Waals surface area contributed by atoms with E-state index < -0.39 is 0 Å². The van der Waals surface area contributed by atoms with Gasteiger partial charge in [0.1, 0.15) is 0 Å². The molecule has 0 N–H and O–H groups in total. The van der Waals surface area contributed by atoms with E-state index in [9.17, 15) is 4.79 Å². The van der Waals surface area contributed by atoms with Crippen molar-refractivity contribution in [3.05, 3.63) is 34.3 Å². The molecule has 0 radical (unpaired) electrons. The quantitative estimate of drug-likeness (QED) is 0.751. The lowest BCUT2D eigenvalue weighted by molar-refractivity contribution is 0.0777. The predicted molar refractivity (Wildman–Crippen MR) is 71.2 cm³/mol. The number of terminal acetylenes is 1. The van der Waals surface area contributed by atoms with Crippen LogP contribution in [0.3, 0.4) is 0 Å². The monoisotopic (exact) mass is 249 g/mol. The van der Waals surface area contributed by atoms with Gasteiger partial charge in [-0.15, -0.1) is 6.42 Å². The molecule has 0 fully saturated rings. The number of benzene rings is 1. The van der Waals surface area contributed by atoms with Gasteiger partial charge < -0.3 is 4.90 Å². The van der Waals surface area contributed by atoms with E-state index in [1.54, 1.807) is 17.0 Å². The third-order valence-corrected chi connectivity index (χ3v) is 2.89. The molecule has 3 heteroatoms. The Bertz CT molecular complexity index is 448. The minimum absolute atomic E-state index is 0.0632. The fraction of sp³-hybridized carbons (Fsp3) is 0.357. The van der Waals surface area contributed by atoms with Gasteiger partial charge >= 0.3 is 0 Å². The van der Waals surface area contributed by atoms with Crippen molar-refractivity contribution in [2.75, 3.05) is 13.1 Å². The molecular weight excluding hydrogens is 234 g/mol. The van der Waals surface area contributed by atoms with Gasteiger partial charge in [-0.1, -0.05) is 30.5 Å². The van der Waals surface area contributed by atoms with Crippen molar-refractivity contribution in [2.45, 2.75) is 20.3 Å². The lowest BCUT2D eigenvalue weighted by Crippen LogP contribution is -2.32. The van der Waals surface area contributed by atoms with Gasteiger partial charge in [0.2, 0.25) is 0 Å². The Balaban J connectivity index is 2.93. The van der Waals surface area contributed by atoms with Crippen LogP contribution in [0.5, 0.6) is 0 Å². The Labute approximate surface area is 108 Å². The van der Waals surface area contributed by atoms with Crippen LogP contribution in [0.2, 0.25) is 5.02 Å². The van der Waals surface area contributed by atoms with E-state index in [4.69, 9.17) is 18.0 Å². The smallest absolute Gasteiger partial charge is 0.254 e. The maximum absolute atomic E-state index is 12.2. The molecule has 1 aromatic carbocycles. The first kappa shape index (κ1) is 13.6. The first-order chi connectivity index (χ1) is 8.10. The Morgan fingerprint density at radius 2 is 2.24 bits per heavy atom. The molecule has 0 aliphatic rings. The molecule has 17 heavy (non-hydrogen) atoms. The molecule has 0 spiro atoms. The highest BCUT2D eigenvalue weighted by atomic mass is 35.5. The van der Waals surface area contributed by atoms with Crippen molar-refractivity contribution >= 4 is 17.5 Å². The SMILES string of the molecule is C#CCN(CCC)C(=O)c1ccc(C)c(Cl)c1. The molecule has 1 rings (SSSR count). The fourth-order valence-electron chi connectivity index (χ4n) is 1.54. The molecule has 0 bridgehead atoms. The van der Waals surface area contributed by atoms with Crippen molar-refractivity contribution < 1.29 is 4.79 Å². The molecule has 0 atom stereocenters. The Morgan fingerprint density at radius 3 is 2.76 bits per heavy atom. The molecular formula is C14H16ClNO. The number of aryl methyl sites for hydroxylation is 1. The summed E-state index contributed by atoms with van der Waals surface area (Å²) in [5.41, 5.74) is 1.55. The second kappa shape index (κ2) is 6.32. The van der Waals surface area contributed by atoms with Crippen LogP contribution in [0.1, 0.15) is 29.3 Å². The fourth-order valence-corrected chi connectivity index (χ4v) is 1.72. The molecule has 0 saturated heterocycles. The summed E-state index contributed by atoms with van der Waals surface area (Å²) >= 11 is 6.01. The minimum atomic E-state index is -0.0632. The van der Waals surface area contributed by atoms with Crippen molar-refractivity contribution in [2.24, 2.45) is 0 Å². The molecule has 2 nitrogen and oxygen atoms in total. The van der Waals surface area contributed by atoms with Gasteiger partial charge in [-0.25, -0.2) is 0 Å². The van der Waals surface area contributed by atoms with E-state index in [-0.39, 0.29) is 5.91 Å². The standard InChI is InChI=1S/C14H16ClNO/c1-4-8-16(9-5-2)14(17)12-7-6-11(3)13(15)10-12/h1,6-7,10H,5,8-9H2,2-3H3. The summed E-state index contributed by atoms with van der Waals surface area (Å²) in [5, 5.41) is 0.605. The first-order valence-corrected chi connectivity index (χ1v) is 5.96. The molecule has 0 aliphatic heterocycles. The van der Waals surface area contributed by atoms with Crippen LogP contribution >= 0.6 is 11.6 Å². The summed E-state index contributed by atoms with van der Waals surface area (Å²) in [6, 6.07) is 5.32. The third kappa shape index (κ3) is 3.51. The molecule has 1 amide bonds. The van der Waals surface area contributed by atoms with Gasteiger partial charge in [-0.2, -0.15) is 0 Å². The molecule has 1 aromatic rings. The highest BCUT2D eigenvalue weighted by molar-refractivity contribution is 6.31. The van der Waals surface area contributed by atoms with Gasteiger partial charge in [-0.05, 0) is 31.0 Å². The summed E-state index contributed by atoms with van der Waals surface area (Å²) in [6.45, 7) is 4.91. The van der Waals surface area contributed by atoms with E-state index in [1.165, 1.54) is 0 Å². The lowest BCUT2D eigenvalue weighted by Gasteiger charge is -2.19. The number of nitrogens with zero attached hydrogens (tertiary/aromatic N) is 1. The first-order valence-electron chi connectivity index (χ1n) is 5.59. The maximum atomic E-state index is 12.2. The lowest BCUT2D eigenvalue weighted by atomic mass is 10.1. The average molecular weight is 250 g/mol. The van der Waals surface area contributed by atoms with E-state index in [0.29, 0.717) is 23.7 Å². The molecule has 0 unspecified atom stereocenters. The van der Waals surface area contributed by atoms with E-state index in [1.807, 2.05) is 19.9 Å². The number of carbonyl (C=O) groups is 1. The van der Waals surface area contributed by atoms with Crippen molar-refractivity contribution in [3.8, 4) is 12.3 Å². The van der Waals surface area contributed by atoms with E-state index in [2.05, 4.69) is 5.92 Å². The zero-order chi connectivity index (χ0) is 12.8. The molecule has 0 heterocycles. The summed E-state index contributed by atoms with van der Waals surface area (Å²) in [4.78, 5) is 13.8. The largest absolute Gasteiger partial charge is 0.328 e. The van der Waals surface area contributed by atoms with Crippen LogP contribution in [-0.4, -0.2) is 23.9 Å². The van der Waals surface area contributed by atoms with Crippen LogP contribution in [0.15, 0.2) is 18.2 Å². The second-order valence-corrected chi connectivity index (χ2v) is 4.30. The van der Waals surface area contributed by atoms with E-state index >= 15 is 0 Å². The topological polar surface area (TPSA) is 20.3 Å². The van der Waals surface area contributed by atoms with Crippen molar-refractivity contribution in [3.63, 3.8) is 0 Å². The maximum Gasteiger partial charge on any atom is 0.254 e. The zero-order valence-electron chi connectivity index (χ0n) is 10.2. The number of hydrogen-bond donors (Lipinski definition) is 0. The average Bonchev–Trinajstić information content (AvgIpc) is 2.31. The van der Waals surface area contributed by atoms with E-state index in [0.717, 1.165) is 12.0 Å². The Hall–Kier alpha value is -1.46. The predicted octanol–water partition coefficient (Wildman–Crippen LogP) is 3.13. The van der Waals surface area contributed by atoms with Gasteiger partial charge in [0.15, 0.2) is 0 Å². The van der Waals surface area contributed by atoms with Crippen LogP contribution in [0, 0.1) is 19.3 Å². The van der Waals surface area contributed by atoms with Crippen LogP contribution in [-0.2, 0) is 0 Å². The highest BCUT2D eigenvalue weighted by Gasteiger charge is 2.14. The number of halogens is 1. The zero-order valence-corrected chi connectivity index (χ0v) is 10.9. The van der Waals surface area contributed by atoms with Gasteiger partial charge in [0.05, 0.1) is 6.54 Å². The summed E-state index contributed by atoms with van der Waals surface area (Å²) in [5.74, 6) is 2.44. The summed E-state index contributed by atoms with van der Waals surface area (Å²) in [6.07, 6.45) is 6.14. The van der Waals surface area contributed by atoms with Crippen molar-refractivity contribution in [1.29, 1.82) is 0 Å². The number of rotatable bonds is 4. The summed E-state index contributed by atoms with van der Waals surface area (Å²) < 4.78 is 0. The van der Waals surface area contributed by atoms with Gasteiger partial charge in [-0.3, -0.25) is 4.79 Å². The second-order valence-electron chi connectivity index (χ2n) is 3.89.